The number of hydrogen-bond donors (Lipinski definition) is 0. The van der Waals surface area contributed by atoms with Gasteiger partial charge in [-0.25, -0.2) is 27.5 Å². The molecule has 0 N–H and O–H groups in total. The van der Waals surface area contributed by atoms with Crippen molar-refractivity contribution in [3.8, 4) is 11.4 Å². The smallest absolute Gasteiger partial charge is 0.317 e. The Morgan fingerprint density at radius 3 is 1.43 bits per heavy atom. The normalized spacial score (nSPS) is 11.2. The lowest BCUT2D eigenvalue weighted by Gasteiger charge is -2.17. The molecule has 2 aromatic heterocycles. The number of amides is 1. The number of nitrogens with zero attached hydrogens (tertiary/aromatic N) is 5. The van der Waals surface area contributed by atoms with Crippen molar-refractivity contribution in [2.24, 2.45) is 14.1 Å². The zero-order chi connectivity index (χ0) is 39.5. The Hall–Kier alpha value is -4.75. The van der Waals surface area contributed by atoms with Crippen LogP contribution in [-0.4, -0.2) is 37.0 Å². The van der Waals surface area contributed by atoms with E-state index in [0.717, 1.165) is 31.1 Å². The Kier molecular flexibility index (Phi) is 13.4. The Bertz CT molecular complexity index is 2240. The summed E-state index contributed by atoms with van der Waals surface area (Å²) in [4.78, 5) is 71.2. The van der Waals surface area contributed by atoms with E-state index in [9.17, 15) is 63.9 Å². The van der Waals surface area contributed by atoms with E-state index in [2.05, 4.69) is 0 Å². The van der Waals surface area contributed by atoms with Gasteiger partial charge in [0.15, 0.2) is 0 Å². The number of hydrogen-bond acceptors (Lipinski definition) is 6. The molecule has 0 aliphatic rings. The van der Waals surface area contributed by atoms with Gasteiger partial charge in [-0.1, -0.05) is 37.0 Å². The summed E-state index contributed by atoms with van der Waals surface area (Å²) in [5.41, 5.74) is -10.5. The van der Waals surface area contributed by atoms with Crippen molar-refractivity contribution in [2.75, 3.05) is 11.9 Å². The number of anilines is 1. The highest BCUT2D eigenvalue weighted by atomic mass is 35.5. The van der Waals surface area contributed by atoms with Gasteiger partial charge in [-0.2, -0.15) is 26.3 Å². The van der Waals surface area contributed by atoms with E-state index in [1.807, 2.05) is 13.8 Å². The molecule has 0 saturated carbocycles. The fourth-order valence-corrected chi connectivity index (χ4v) is 4.85. The molecule has 4 rings (SSSR count). The lowest BCUT2D eigenvalue weighted by Crippen LogP contribution is -2.41. The standard InChI is InChI=1S/C14H10ClF4N3O3.C13H6Cl2F4N2O3.C2H6/c1-20(6-23)9-4-10(8(16)3-7(9)15)22-12(24)5-11(14(17,18)19)21(2)13(22)25;1-20-9(13(17,18)19)4-10(22)21(12(20)24)8-2-5(11(15)23)6(14)3-7(8)16;1-2/h3-6H,1-2H3;2-4H,1H3;1-2H3. The summed E-state index contributed by atoms with van der Waals surface area (Å²) in [5.74, 6) is -2.31. The maximum Gasteiger partial charge on any atom is 0.431 e. The highest BCUT2D eigenvalue weighted by Crippen LogP contribution is 2.31. The third-order valence-corrected chi connectivity index (χ3v) is 7.32. The minimum absolute atomic E-state index is 0.0399. The van der Waals surface area contributed by atoms with Crippen molar-refractivity contribution in [2.45, 2.75) is 26.2 Å². The summed E-state index contributed by atoms with van der Waals surface area (Å²) in [6.45, 7) is 4.00. The molecular weight excluding hydrogens is 773 g/mol. The SMILES string of the molecule is CC.CN(C=O)c1cc(-n2c(=O)cc(C(F)(F)F)n(C)c2=O)c(F)cc1Cl.Cn1c(C(F)(F)F)cc(=O)n(-c2cc(C(=O)Cl)c(Cl)cc2F)c1=O. The van der Waals surface area contributed by atoms with Gasteiger partial charge in [-0.05, 0) is 35.9 Å². The highest BCUT2D eigenvalue weighted by Gasteiger charge is 2.36. The van der Waals surface area contributed by atoms with Crippen LogP contribution in [-0.2, 0) is 31.2 Å². The number of carbonyl (C=O) groups excluding carboxylic acids is 2. The topological polar surface area (TPSA) is 125 Å². The van der Waals surface area contributed by atoms with Gasteiger partial charge >= 0.3 is 23.7 Å². The quantitative estimate of drug-likeness (QED) is 0.145. The molecule has 0 unspecified atom stereocenters. The van der Waals surface area contributed by atoms with E-state index >= 15 is 0 Å². The van der Waals surface area contributed by atoms with E-state index in [4.69, 9.17) is 34.8 Å². The van der Waals surface area contributed by atoms with Crippen LogP contribution in [0.15, 0.2) is 55.6 Å². The second-order valence-electron chi connectivity index (χ2n) is 9.61. The maximum absolute atomic E-state index is 14.2. The fraction of sp³-hybridized carbons (Fsp3) is 0.241. The molecule has 0 radical (unpaired) electrons. The van der Waals surface area contributed by atoms with E-state index in [-0.39, 0.29) is 46.1 Å². The third-order valence-electron chi connectivity index (χ3n) is 6.51. The van der Waals surface area contributed by atoms with Gasteiger partial charge < -0.3 is 4.90 Å². The van der Waals surface area contributed by atoms with Crippen LogP contribution in [0, 0.1) is 11.6 Å². The van der Waals surface area contributed by atoms with Gasteiger partial charge in [-0.15, -0.1) is 0 Å². The zero-order valence-corrected chi connectivity index (χ0v) is 28.7. The first-order valence-corrected chi connectivity index (χ1v) is 14.7. The molecule has 0 bridgehead atoms. The molecule has 51 heavy (non-hydrogen) atoms. The van der Waals surface area contributed by atoms with Crippen molar-refractivity contribution in [1.29, 1.82) is 0 Å². The molecule has 0 fully saturated rings. The van der Waals surface area contributed by atoms with Crippen LogP contribution >= 0.6 is 34.8 Å². The minimum Gasteiger partial charge on any atom is -0.317 e. The van der Waals surface area contributed by atoms with Gasteiger partial charge in [0.05, 0.1) is 32.7 Å². The predicted molar refractivity (Wildman–Crippen MR) is 170 cm³/mol. The number of halogens is 11. The van der Waals surface area contributed by atoms with E-state index in [0.29, 0.717) is 18.5 Å². The van der Waals surface area contributed by atoms with Crippen molar-refractivity contribution in [3.05, 3.63) is 117 Å². The molecule has 0 atom stereocenters. The Labute approximate surface area is 295 Å². The maximum atomic E-state index is 14.2. The van der Waals surface area contributed by atoms with E-state index in [1.165, 1.54) is 7.05 Å². The summed E-state index contributed by atoms with van der Waals surface area (Å²) in [7, 11) is 2.85. The van der Waals surface area contributed by atoms with Gasteiger partial charge in [0.2, 0.25) is 6.41 Å². The van der Waals surface area contributed by atoms with E-state index < -0.39 is 80.1 Å². The summed E-state index contributed by atoms with van der Waals surface area (Å²) >= 11 is 16.7. The van der Waals surface area contributed by atoms with Crippen LogP contribution < -0.4 is 27.4 Å². The minimum atomic E-state index is -4.96. The van der Waals surface area contributed by atoms with Crippen LogP contribution in [0.4, 0.5) is 40.8 Å². The molecule has 11 nitrogen and oxygen atoms in total. The molecule has 1 amide bonds. The molecule has 0 aliphatic heterocycles. The first kappa shape index (κ1) is 42.4. The zero-order valence-electron chi connectivity index (χ0n) is 26.4. The van der Waals surface area contributed by atoms with Gasteiger partial charge in [0.25, 0.3) is 16.4 Å². The molecule has 2 aromatic carbocycles. The third kappa shape index (κ3) is 8.95. The molecule has 0 aliphatic carbocycles. The first-order chi connectivity index (χ1) is 23.4. The van der Waals surface area contributed by atoms with Crippen LogP contribution in [0.2, 0.25) is 10.0 Å². The van der Waals surface area contributed by atoms with Gasteiger partial charge in [0.1, 0.15) is 23.0 Å². The summed E-state index contributed by atoms with van der Waals surface area (Å²) < 4.78 is 106. The lowest BCUT2D eigenvalue weighted by molar-refractivity contribution is -0.144. The van der Waals surface area contributed by atoms with Crippen molar-refractivity contribution >= 4 is 52.1 Å². The van der Waals surface area contributed by atoms with Gasteiger partial charge in [-0.3, -0.25) is 28.3 Å². The van der Waals surface area contributed by atoms with Crippen LogP contribution in [0.1, 0.15) is 35.6 Å². The second kappa shape index (κ2) is 16.1. The molecular formula is C29H22Cl3F8N5O6. The van der Waals surface area contributed by atoms with Crippen molar-refractivity contribution < 1.29 is 44.7 Å². The van der Waals surface area contributed by atoms with Crippen molar-refractivity contribution in [1.82, 2.24) is 18.3 Å². The summed E-state index contributed by atoms with van der Waals surface area (Å²) in [6.07, 6.45) is -9.55. The van der Waals surface area contributed by atoms with Crippen LogP contribution in [0.25, 0.3) is 11.4 Å². The van der Waals surface area contributed by atoms with E-state index in [1.54, 1.807) is 0 Å². The highest BCUT2D eigenvalue weighted by molar-refractivity contribution is 6.68. The molecule has 4 aromatic rings. The van der Waals surface area contributed by atoms with Crippen molar-refractivity contribution in [3.63, 3.8) is 0 Å². The van der Waals surface area contributed by atoms with Gasteiger partial charge in [0, 0.05) is 33.3 Å². The average molecular weight is 795 g/mol. The average Bonchev–Trinajstić information content (AvgIpc) is 3.02. The summed E-state index contributed by atoms with van der Waals surface area (Å²) in [6, 6.07) is 3.31. The van der Waals surface area contributed by atoms with Crippen LogP contribution in [0.3, 0.4) is 0 Å². The molecule has 0 saturated heterocycles. The molecule has 0 spiro atoms. The Balaban J connectivity index is 0.000000337. The first-order valence-electron chi connectivity index (χ1n) is 13.6. The number of carbonyl (C=O) groups is 2. The number of benzene rings is 2. The van der Waals surface area contributed by atoms with Crippen LogP contribution in [0.5, 0.6) is 0 Å². The second-order valence-corrected chi connectivity index (χ2v) is 10.8. The monoisotopic (exact) mass is 793 g/mol. The predicted octanol–water partition coefficient (Wildman–Crippen LogP) is 5.69. The molecule has 2 heterocycles. The number of aromatic nitrogens is 4. The molecule has 276 valence electrons. The largest absolute Gasteiger partial charge is 0.431 e. The fourth-order valence-electron chi connectivity index (χ4n) is 4.12. The lowest BCUT2D eigenvalue weighted by atomic mass is 10.2. The Morgan fingerprint density at radius 2 is 1.08 bits per heavy atom. The Morgan fingerprint density at radius 1 is 0.706 bits per heavy atom. The summed E-state index contributed by atoms with van der Waals surface area (Å²) in [5, 5.41) is -1.67. The molecule has 22 heteroatoms. The number of rotatable bonds is 5. The number of alkyl halides is 6.